The number of oxime groups is 1. The van der Waals surface area contributed by atoms with E-state index in [2.05, 4.69) is 30.8 Å². The van der Waals surface area contributed by atoms with Gasteiger partial charge in [-0.15, -0.1) is 0 Å². The Kier molecular flexibility index (Phi) is 7.13. The fourth-order valence-corrected chi connectivity index (χ4v) is 1.70. The molecule has 0 saturated carbocycles. The highest BCUT2D eigenvalue weighted by atomic mass is 16.4. The molecule has 0 saturated heterocycles. The van der Waals surface area contributed by atoms with Crippen LogP contribution in [0.3, 0.4) is 0 Å². The summed E-state index contributed by atoms with van der Waals surface area (Å²) < 4.78 is 0. The number of amidine groups is 1. The van der Waals surface area contributed by atoms with Crippen molar-refractivity contribution in [1.29, 1.82) is 0 Å². The van der Waals surface area contributed by atoms with E-state index in [1.54, 1.807) is 0 Å². The molecule has 4 nitrogen and oxygen atoms in total. The first-order chi connectivity index (χ1) is 7.04. The average Bonchev–Trinajstić information content (AvgIpc) is 2.22. The van der Waals surface area contributed by atoms with E-state index in [-0.39, 0.29) is 6.04 Å². The van der Waals surface area contributed by atoms with E-state index in [9.17, 15) is 0 Å². The molecule has 0 aliphatic carbocycles. The number of rotatable bonds is 7. The van der Waals surface area contributed by atoms with Crippen LogP contribution in [0.25, 0.3) is 0 Å². The Morgan fingerprint density at radius 3 is 2.33 bits per heavy atom. The number of unbranched alkanes of at least 4 members (excludes halogenated alkanes) is 2. The Balaban J connectivity index is 4.25. The molecule has 1 atom stereocenters. The van der Waals surface area contributed by atoms with Crippen LogP contribution in [0.15, 0.2) is 5.16 Å². The van der Waals surface area contributed by atoms with Gasteiger partial charge in [0.15, 0.2) is 5.84 Å². The van der Waals surface area contributed by atoms with Crippen LogP contribution in [0, 0.1) is 0 Å². The molecule has 0 aromatic carbocycles. The van der Waals surface area contributed by atoms with E-state index in [0.29, 0.717) is 11.9 Å². The van der Waals surface area contributed by atoms with Crippen LogP contribution >= 0.6 is 0 Å². The van der Waals surface area contributed by atoms with Crippen LogP contribution in [0.2, 0.25) is 0 Å². The van der Waals surface area contributed by atoms with Crippen molar-refractivity contribution in [2.75, 3.05) is 6.54 Å². The van der Waals surface area contributed by atoms with Gasteiger partial charge in [0, 0.05) is 6.04 Å². The highest BCUT2D eigenvalue weighted by Gasteiger charge is 2.19. The third-order valence-electron chi connectivity index (χ3n) is 2.72. The van der Waals surface area contributed by atoms with Crippen LogP contribution in [0.5, 0.6) is 0 Å². The first-order valence-corrected chi connectivity index (χ1v) is 5.77. The summed E-state index contributed by atoms with van der Waals surface area (Å²) in [4.78, 5) is 2.25. The largest absolute Gasteiger partial charge is 0.409 e. The van der Waals surface area contributed by atoms with Crippen LogP contribution in [-0.4, -0.2) is 34.6 Å². The molecule has 90 valence electrons. The molecule has 0 heterocycles. The molecule has 0 radical (unpaired) electrons. The second-order valence-electron chi connectivity index (χ2n) is 4.24. The minimum Gasteiger partial charge on any atom is -0.409 e. The quantitative estimate of drug-likeness (QED) is 0.224. The molecular weight excluding hydrogens is 190 g/mol. The van der Waals surface area contributed by atoms with Crippen LogP contribution < -0.4 is 5.73 Å². The van der Waals surface area contributed by atoms with Gasteiger partial charge in [-0.25, -0.2) is 0 Å². The number of nitrogens with two attached hydrogens (primary N) is 1. The predicted molar refractivity (Wildman–Crippen MR) is 64.2 cm³/mol. The summed E-state index contributed by atoms with van der Waals surface area (Å²) in [5, 5.41) is 11.7. The lowest BCUT2D eigenvalue weighted by Gasteiger charge is -2.31. The Morgan fingerprint density at radius 1 is 1.33 bits per heavy atom. The second-order valence-corrected chi connectivity index (χ2v) is 4.24. The van der Waals surface area contributed by atoms with Crippen LogP contribution in [-0.2, 0) is 0 Å². The number of nitrogens with zero attached hydrogens (tertiary/aromatic N) is 2. The first-order valence-electron chi connectivity index (χ1n) is 5.77. The fourth-order valence-electron chi connectivity index (χ4n) is 1.70. The zero-order valence-electron chi connectivity index (χ0n) is 10.4. The van der Waals surface area contributed by atoms with E-state index in [0.717, 1.165) is 13.0 Å². The highest BCUT2D eigenvalue weighted by Crippen LogP contribution is 2.08. The van der Waals surface area contributed by atoms with Crippen molar-refractivity contribution in [3.05, 3.63) is 0 Å². The lowest BCUT2D eigenvalue weighted by atomic mass is 10.1. The Bertz CT molecular complexity index is 192. The SMILES string of the molecule is CCCCCN(C(C)C)C(C)C(N)=NO. The van der Waals surface area contributed by atoms with Crippen molar-refractivity contribution in [3.8, 4) is 0 Å². The normalized spacial score (nSPS) is 14.9. The monoisotopic (exact) mass is 215 g/mol. The summed E-state index contributed by atoms with van der Waals surface area (Å²) in [5.74, 6) is 0.292. The molecule has 0 aromatic heterocycles. The molecule has 15 heavy (non-hydrogen) atoms. The molecular formula is C11H25N3O. The maximum Gasteiger partial charge on any atom is 0.156 e. The predicted octanol–water partition coefficient (Wildman–Crippen LogP) is 2.02. The summed E-state index contributed by atoms with van der Waals surface area (Å²) in [5.41, 5.74) is 5.62. The maximum atomic E-state index is 8.64. The third kappa shape index (κ3) is 5.02. The van der Waals surface area contributed by atoms with Crippen LogP contribution in [0.4, 0.5) is 0 Å². The Morgan fingerprint density at radius 2 is 1.93 bits per heavy atom. The topological polar surface area (TPSA) is 61.8 Å². The summed E-state index contributed by atoms with van der Waals surface area (Å²) in [6, 6.07) is 0.420. The van der Waals surface area contributed by atoms with E-state index >= 15 is 0 Å². The first kappa shape index (κ1) is 14.2. The molecule has 0 rings (SSSR count). The van der Waals surface area contributed by atoms with Gasteiger partial charge in [0.1, 0.15) is 0 Å². The van der Waals surface area contributed by atoms with Crippen molar-refractivity contribution in [1.82, 2.24) is 4.90 Å². The third-order valence-corrected chi connectivity index (χ3v) is 2.72. The zero-order chi connectivity index (χ0) is 11.8. The zero-order valence-corrected chi connectivity index (χ0v) is 10.4. The fraction of sp³-hybridized carbons (Fsp3) is 0.909. The summed E-state index contributed by atoms with van der Waals surface area (Å²) in [6.07, 6.45) is 3.60. The summed E-state index contributed by atoms with van der Waals surface area (Å²) in [6.45, 7) is 9.43. The standard InChI is InChI=1S/C11H25N3O/c1-5-6-7-8-14(9(2)3)10(4)11(12)13-15/h9-10,15H,5-8H2,1-4H3,(H2,12,13). The Labute approximate surface area is 93.1 Å². The lowest BCUT2D eigenvalue weighted by Crippen LogP contribution is -2.46. The van der Waals surface area contributed by atoms with Gasteiger partial charge in [0.05, 0.1) is 6.04 Å². The van der Waals surface area contributed by atoms with E-state index in [1.165, 1.54) is 12.8 Å². The number of hydrogen-bond acceptors (Lipinski definition) is 3. The molecule has 4 heteroatoms. The van der Waals surface area contributed by atoms with E-state index < -0.39 is 0 Å². The molecule has 0 aliphatic rings. The lowest BCUT2D eigenvalue weighted by molar-refractivity contribution is 0.193. The molecule has 0 amide bonds. The Hall–Kier alpha value is -0.770. The van der Waals surface area contributed by atoms with Gasteiger partial charge in [-0.05, 0) is 33.7 Å². The molecule has 0 spiro atoms. The molecule has 1 unspecified atom stereocenters. The van der Waals surface area contributed by atoms with E-state index in [1.807, 2.05) is 6.92 Å². The van der Waals surface area contributed by atoms with E-state index in [4.69, 9.17) is 10.9 Å². The second kappa shape index (κ2) is 7.51. The summed E-state index contributed by atoms with van der Waals surface area (Å²) >= 11 is 0. The van der Waals surface area contributed by atoms with Gasteiger partial charge in [0.2, 0.25) is 0 Å². The molecule has 0 aliphatic heterocycles. The van der Waals surface area contributed by atoms with Gasteiger partial charge in [-0.1, -0.05) is 24.9 Å². The van der Waals surface area contributed by atoms with Gasteiger partial charge in [-0.2, -0.15) is 0 Å². The highest BCUT2D eigenvalue weighted by molar-refractivity contribution is 5.84. The molecule has 0 aromatic rings. The minimum absolute atomic E-state index is 0.00635. The van der Waals surface area contributed by atoms with Crippen LogP contribution in [0.1, 0.15) is 47.0 Å². The van der Waals surface area contributed by atoms with Crippen molar-refractivity contribution >= 4 is 5.84 Å². The molecule has 3 N–H and O–H groups in total. The van der Waals surface area contributed by atoms with Crippen molar-refractivity contribution in [3.63, 3.8) is 0 Å². The number of hydrogen-bond donors (Lipinski definition) is 2. The van der Waals surface area contributed by atoms with Gasteiger partial charge in [-0.3, -0.25) is 4.90 Å². The van der Waals surface area contributed by atoms with Crippen molar-refractivity contribution in [2.45, 2.75) is 59.0 Å². The molecule has 0 fully saturated rings. The smallest absolute Gasteiger partial charge is 0.156 e. The van der Waals surface area contributed by atoms with Gasteiger partial charge >= 0.3 is 0 Å². The van der Waals surface area contributed by atoms with Crippen molar-refractivity contribution < 1.29 is 5.21 Å². The average molecular weight is 215 g/mol. The molecule has 0 bridgehead atoms. The van der Waals surface area contributed by atoms with Crippen molar-refractivity contribution in [2.24, 2.45) is 10.9 Å². The van der Waals surface area contributed by atoms with Gasteiger partial charge < -0.3 is 10.9 Å². The minimum atomic E-state index is 0.00635. The summed E-state index contributed by atoms with van der Waals surface area (Å²) in [7, 11) is 0. The van der Waals surface area contributed by atoms with Gasteiger partial charge in [0.25, 0.3) is 0 Å². The maximum absolute atomic E-state index is 8.64.